The number of hydrogen-bond donors (Lipinski definition) is 3. The quantitative estimate of drug-likeness (QED) is 0.146. The topological polar surface area (TPSA) is 149 Å². The lowest BCUT2D eigenvalue weighted by Gasteiger charge is -2.45. The van der Waals surface area contributed by atoms with Gasteiger partial charge in [0.15, 0.2) is 0 Å². The number of carbonyl (C=O) groups excluding carboxylic acids is 4. The minimum absolute atomic E-state index is 0.0254. The van der Waals surface area contributed by atoms with Gasteiger partial charge in [0, 0.05) is 53.6 Å². The zero-order valence-corrected chi connectivity index (χ0v) is 37.9. The molecule has 2 aliphatic heterocycles. The Morgan fingerprint density at radius 1 is 0.984 bits per heavy atom. The fourth-order valence-electron chi connectivity index (χ4n) is 8.83. The Morgan fingerprint density at radius 3 is 2.37 bits per heavy atom. The van der Waals surface area contributed by atoms with Crippen LogP contribution >= 0.6 is 23.2 Å². The van der Waals surface area contributed by atoms with E-state index in [1.165, 1.54) is 17.9 Å². The van der Waals surface area contributed by atoms with Gasteiger partial charge < -0.3 is 39.7 Å². The number of halogens is 3. The molecule has 4 atom stereocenters. The molecular formula is C47H56Cl2FN7O6. The highest BCUT2D eigenvalue weighted by molar-refractivity contribution is 6.31. The first-order chi connectivity index (χ1) is 29.9. The highest BCUT2D eigenvalue weighted by Crippen LogP contribution is 2.51. The van der Waals surface area contributed by atoms with E-state index in [2.05, 4.69) is 22.5 Å². The van der Waals surface area contributed by atoms with Gasteiger partial charge in [0.25, 0.3) is 0 Å². The molecule has 13 nitrogen and oxygen atoms in total. The van der Waals surface area contributed by atoms with Crippen LogP contribution in [0.25, 0.3) is 11.3 Å². The monoisotopic (exact) mass is 903 g/mol. The fourth-order valence-corrected chi connectivity index (χ4v) is 9.15. The Bertz CT molecular complexity index is 2340. The average Bonchev–Trinajstić information content (AvgIpc) is 3.87. The van der Waals surface area contributed by atoms with Gasteiger partial charge in [-0.1, -0.05) is 42.3 Å². The second kappa shape index (κ2) is 19.0. The first kappa shape index (κ1) is 46.0. The van der Waals surface area contributed by atoms with Crippen LogP contribution in [0.3, 0.4) is 0 Å². The summed E-state index contributed by atoms with van der Waals surface area (Å²) < 4.78 is 24.5. The van der Waals surface area contributed by atoms with Gasteiger partial charge in [-0.15, -0.1) is 0 Å². The predicted molar refractivity (Wildman–Crippen MR) is 238 cm³/mol. The van der Waals surface area contributed by atoms with Gasteiger partial charge >= 0.3 is 0 Å². The molecule has 63 heavy (non-hydrogen) atoms. The van der Waals surface area contributed by atoms with Crippen molar-refractivity contribution in [2.24, 2.45) is 18.4 Å². The third kappa shape index (κ3) is 10.9. The van der Waals surface area contributed by atoms with E-state index in [0.717, 1.165) is 41.6 Å². The molecule has 336 valence electrons. The summed E-state index contributed by atoms with van der Waals surface area (Å²) in [6.07, 6.45) is 5.29. The van der Waals surface area contributed by atoms with E-state index in [-0.39, 0.29) is 40.6 Å². The molecule has 3 heterocycles. The van der Waals surface area contributed by atoms with Crippen molar-refractivity contribution in [1.29, 1.82) is 0 Å². The highest BCUT2D eigenvalue weighted by Gasteiger charge is 2.46. The number of rotatable bonds is 12. The van der Waals surface area contributed by atoms with Crippen LogP contribution in [-0.4, -0.2) is 104 Å². The number of ether oxygens (including phenoxy) is 1. The van der Waals surface area contributed by atoms with Crippen LogP contribution in [0, 0.1) is 17.2 Å². The number of nitrogens with one attached hydrogen (secondary N) is 2. The van der Waals surface area contributed by atoms with Gasteiger partial charge in [-0.3, -0.25) is 19.2 Å². The minimum Gasteiger partial charge on any atom is -0.457 e. The van der Waals surface area contributed by atoms with Gasteiger partial charge in [-0.05, 0) is 119 Å². The van der Waals surface area contributed by atoms with Crippen LogP contribution in [0.5, 0.6) is 11.5 Å². The Kier molecular flexibility index (Phi) is 13.9. The van der Waals surface area contributed by atoms with Gasteiger partial charge in [0.1, 0.15) is 35.2 Å². The van der Waals surface area contributed by atoms with E-state index >= 15 is 4.39 Å². The van der Waals surface area contributed by atoms with Gasteiger partial charge in [0.2, 0.25) is 23.6 Å². The zero-order chi connectivity index (χ0) is 45.2. The maximum atomic E-state index is 16.2. The largest absolute Gasteiger partial charge is 0.457 e. The number of nitrogens with zero attached hydrogens (tertiary/aromatic N) is 5. The average molecular weight is 905 g/mol. The molecule has 4 amide bonds. The lowest BCUT2D eigenvalue weighted by Crippen LogP contribution is -2.65. The summed E-state index contributed by atoms with van der Waals surface area (Å²) in [7, 11) is 5.89. The number of aliphatic hydroxyl groups excluding tert-OH is 1. The fraction of sp³-hybridized carbons (Fsp3) is 0.468. The number of hydrogen-bond acceptors (Lipinski definition) is 8. The van der Waals surface area contributed by atoms with Gasteiger partial charge in [0.05, 0.1) is 37.1 Å². The molecule has 3 N–H and O–H groups in total. The van der Waals surface area contributed by atoms with Crippen LogP contribution in [0.4, 0.5) is 4.39 Å². The molecule has 0 spiro atoms. The number of piperidine rings is 1. The number of aliphatic hydroxyl groups is 1. The van der Waals surface area contributed by atoms with Crippen LogP contribution in [0.15, 0.2) is 66.9 Å². The van der Waals surface area contributed by atoms with E-state index in [9.17, 15) is 24.3 Å². The molecule has 0 radical (unpaired) electrons. The second-order valence-corrected chi connectivity index (χ2v) is 19.0. The molecule has 7 rings (SSSR count). The molecule has 16 heteroatoms. The van der Waals surface area contributed by atoms with Crippen LogP contribution < -0.4 is 15.4 Å². The Balaban J connectivity index is 1.20. The maximum absolute atomic E-state index is 16.2. The van der Waals surface area contributed by atoms with E-state index in [1.54, 1.807) is 35.4 Å². The summed E-state index contributed by atoms with van der Waals surface area (Å²) in [6.45, 7) is 3.65. The SMILES string of the molecule is C[C@H]1C(=O)N[C@@H](CO)C(=O)N[C@@]2(Cc3ccc(Cl)cc3)CCCN(C2)C(=O)[C@H](CC2(C)CC2)CC(=O)N1Cc1c(F)cc(Cl)cc1Oc1ccc(-c2cnc(CN(C)C)n2C)cc1. The summed E-state index contributed by atoms with van der Waals surface area (Å²) in [5.41, 5.74) is 1.54. The molecule has 1 aromatic heterocycles. The highest BCUT2D eigenvalue weighted by atomic mass is 35.5. The number of amides is 4. The summed E-state index contributed by atoms with van der Waals surface area (Å²) in [5.74, 6) is -2.40. The predicted octanol–water partition coefficient (Wildman–Crippen LogP) is 6.51. The van der Waals surface area contributed by atoms with Crippen molar-refractivity contribution in [3.8, 4) is 22.8 Å². The van der Waals surface area contributed by atoms with E-state index in [0.29, 0.717) is 49.5 Å². The second-order valence-electron chi connectivity index (χ2n) is 18.1. The minimum atomic E-state index is -1.39. The molecule has 3 aliphatic rings. The molecule has 3 fully saturated rings. The Morgan fingerprint density at radius 2 is 1.70 bits per heavy atom. The molecule has 1 aliphatic carbocycles. The van der Waals surface area contributed by atoms with E-state index in [4.69, 9.17) is 27.9 Å². The summed E-state index contributed by atoms with van der Waals surface area (Å²) >= 11 is 12.6. The Labute approximate surface area is 377 Å². The zero-order valence-electron chi connectivity index (χ0n) is 36.4. The van der Waals surface area contributed by atoms with Crippen molar-refractivity contribution in [3.05, 3.63) is 99.7 Å². The summed E-state index contributed by atoms with van der Waals surface area (Å²) in [6, 6.07) is 14.3. The van der Waals surface area contributed by atoms with Gasteiger partial charge in [-0.2, -0.15) is 0 Å². The number of carbonyl (C=O) groups is 4. The lowest BCUT2D eigenvalue weighted by molar-refractivity contribution is -0.148. The molecule has 3 aromatic carbocycles. The molecule has 1 saturated carbocycles. The molecule has 0 unspecified atom stereocenters. The van der Waals surface area contributed by atoms with Crippen molar-refractivity contribution in [1.82, 2.24) is 34.9 Å². The molecule has 2 bridgehead atoms. The number of benzene rings is 3. The first-order valence-corrected chi connectivity index (χ1v) is 22.2. The van der Waals surface area contributed by atoms with E-state index in [1.807, 2.05) is 54.9 Å². The number of fused-ring (bicyclic) bond motifs is 2. The molecular weight excluding hydrogens is 848 g/mol. The Hall–Kier alpha value is -5.02. The maximum Gasteiger partial charge on any atom is 0.245 e. The van der Waals surface area contributed by atoms with Crippen LogP contribution in [-0.2, 0) is 45.7 Å². The number of imidazole rings is 1. The smallest absolute Gasteiger partial charge is 0.245 e. The van der Waals surface area contributed by atoms with Crippen molar-refractivity contribution in [2.45, 2.75) is 89.5 Å². The summed E-state index contributed by atoms with van der Waals surface area (Å²) in [4.78, 5) is 67.3. The lowest BCUT2D eigenvalue weighted by atomic mass is 9.81. The van der Waals surface area contributed by atoms with Crippen molar-refractivity contribution in [3.63, 3.8) is 0 Å². The van der Waals surface area contributed by atoms with Gasteiger partial charge in [-0.25, -0.2) is 9.37 Å². The van der Waals surface area contributed by atoms with E-state index < -0.39 is 60.2 Å². The van der Waals surface area contributed by atoms with Crippen LogP contribution in [0.2, 0.25) is 10.0 Å². The summed E-state index contributed by atoms with van der Waals surface area (Å²) in [5, 5.41) is 16.9. The van der Waals surface area contributed by atoms with Crippen molar-refractivity contribution in [2.75, 3.05) is 33.8 Å². The standard InChI is InChI=1S/C47H56Cl2FN7O6/c1-29-43(60)52-38(27-58)44(61)53-47(22-30-7-11-33(48)12-8-30)15-6-18-56(28-47)45(62)32(23-46(2)16-17-46)19-42(59)57(29)25-36-37(50)20-34(49)21-40(36)63-35-13-9-31(10-14-35)39-24-51-41(55(39)5)26-54(3)4/h7-14,20-21,24,29,32,38,58H,6,15-19,22-23,25-28H2,1-5H3,(H,52,60)(H,53,61)/t29-,32-,38-,47+/m0/s1. The van der Waals surface area contributed by atoms with Crippen LogP contribution in [0.1, 0.15) is 69.3 Å². The van der Waals surface area contributed by atoms with Crippen molar-refractivity contribution < 1.29 is 33.4 Å². The molecule has 2 saturated heterocycles. The normalized spacial score (nSPS) is 23.0. The third-order valence-electron chi connectivity index (χ3n) is 12.7. The first-order valence-electron chi connectivity index (χ1n) is 21.4. The number of aromatic nitrogens is 2. The molecule has 4 aromatic rings. The third-order valence-corrected chi connectivity index (χ3v) is 13.2. The van der Waals surface area contributed by atoms with Crippen molar-refractivity contribution >= 4 is 46.8 Å².